The van der Waals surface area contributed by atoms with E-state index in [-0.39, 0.29) is 0 Å². The molecule has 1 aliphatic heterocycles. The normalized spacial score (nSPS) is 14.9. The van der Waals surface area contributed by atoms with Gasteiger partial charge in [-0.15, -0.1) is 0 Å². The van der Waals surface area contributed by atoms with Gasteiger partial charge in [-0.1, -0.05) is 19.1 Å². The molecule has 112 valence electrons. The fourth-order valence-corrected chi connectivity index (χ4v) is 3.21. The summed E-state index contributed by atoms with van der Waals surface area (Å²) in [5, 5.41) is 3.69. The second kappa shape index (κ2) is 8.58. The predicted octanol–water partition coefficient (Wildman–Crippen LogP) is 3.68. The number of hydrogen-bond donors (Lipinski definition) is 1. The van der Waals surface area contributed by atoms with Gasteiger partial charge < -0.3 is 10.1 Å². The third-order valence-electron chi connectivity index (χ3n) is 3.89. The Morgan fingerprint density at radius 1 is 1.35 bits per heavy atom. The standard InChI is InChI=1S/C17H27NOS/c1-3-10-18-16(9-12-20-2)6-4-14-5-7-17-15(13-14)8-11-19-17/h5,7,13,16,18H,3-4,6,8-12H2,1-2H3. The van der Waals surface area contributed by atoms with Gasteiger partial charge in [-0.25, -0.2) is 0 Å². The van der Waals surface area contributed by atoms with Crippen molar-refractivity contribution in [1.82, 2.24) is 5.32 Å². The number of hydrogen-bond acceptors (Lipinski definition) is 3. The first-order valence-electron chi connectivity index (χ1n) is 7.80. The molecule has 1 heterocycles. The number of nitrogens with one attached hydrogen (secondary N) is 1. The Balaban J connectivity index is 1.84. The summed E-state index contributed by atoms with van der Waals surface area (Å²) in [6.45, 7) is 4.23. The molecule has 1 unspecified atom stereocenters. The molecule has 1 atom stereocenters. The molecule has 20 heavy (non-hydrogen) atoms. The minimum Gasteiger partial charge on any atom is -0.493 e. The molecule has 0 spiro atoms. The zero-order chi connectivity index (χ0) is 14.2. The number of aryl methyl sites for hydroxylation is 1. The molecule has 1 N–H and O–H groups in total. The summed E-state index contributed by atoms with van der Waals surface area (Å²) in [5.74, 6) is 2.34. The summed E-state index contributed by atoms with van der Waals surface area (Å²) in [7, 11) is 0. The largest absolute Gasteiger partial charge is 0.493 e. The van der Waals surface area contributed by atoms with Crippen LogP contribution in [0, 0.1) is 0 Å². The van der Waals surface area contributed by atoms with E-state index in [2.05, 4.69) is 36.7 Å². The predicted molar refractivity (Wildman–Crippen MR) is 89.0 cm³/mol. The topological polar surface area (TPSA) is 21.3 Å². The maximum atomic E-state index is 5.57. The van der Waals surface area contributed by atoms with Gasteiger partial charge in [0.1, 0.15) is 5.75 Å². The Hall–Kier alpha value is -0.670. The number of thioether (sulfide) groups is 1. The summed E-state index contributed by atoms with van der Waals surface area (Å²) >= 11 is 1.94. The van der Waals surface area contributed by atoms with Crippen LogP contribution in [0.5, 0.6) is 5.75 Å². The summed E-state index contributed by atoms with van der Waals surface area (Å²) < 4.78 is 5.57. The van der Waals surface area contributed by atoms with Gasteiger partial charge in [0.05, 0.1) is 6.61 Å². The van der Waals surface area contributed by atoms with Gasteiger partial charge in [-0.3, -0.25) is 0 Å². The van der Waals surface area contributed by atoms with Gasteiger partial charge in [0.25, 0.3) is 0 Å². The van der Waals surface area contributed by atoms with Crippen LogP contribution in [0.25, 0.3) is 0 Å². The molecule has 1 aromatic rings. The molecule has 0 radical (unpaired) electrons. The Morgan fingerprint density at radius 3 is 3.05 bits per heavy atom. The van der Waals surface area contributed by atoms with Crippen molar-refractivity contribution < 1.29 is 4.74 Å². The van der Waals surface area contributed by atoms with Gasteiger partial charge in [0.15, 0.2) is 0 Å². The number of ether oxygens (including phenoxy) is 1. The van der Waals surface area contributed by atoms with Gasteiger partial charge in [0, 0.05) is 12.5 Å². The van der Waals surface area contributed by atoms with Crippen molar-refractivity contribution in [2.24, 2.45) is 0 Å². The number of rotatable bonds is 9. The lowest BCUT2D eigenvalue weighted by molar-refractivity contribution is 0.357. The quantitative estimate of drug-likeness (QED) is 0.750. The fraction of sp³-hybridized carbons (Fsp3) is 0.647. The van der Waals surface area contributed by atoms with E-state index in [1.165, 1.54) is 42.6 Å². The molecule has 0 amide bonds. The van der Waals surface area contributed by atoms with E-state index < -0.39 is 0 Å². The van der Waals surface area contributed by atoms with Crippen molar-refractivity contribution in [2.45, 2.75) is 45.1 Å². The first-order valence-corrected chi connectivity index (χ1v) is 9.19. The van der Waals surface area contributed by atoms with Gasteiger partial charge >= 0.3 is 0 Å². The molecule has 2 rings (SSSR count). The SMILES string of the molecule is CCCNC(CCSC)CCc1ccc2c(c1)CCO2. The molecule has 1 aliphatic rings. The van der Waals surface area contributed by atoms with Crippen LogP contribution >= 0.6 is 11.8 Å². The highest BCUT2D eigenvalue weighted by molar-refractivity contribution is 7.98. The summed E-state index contributed by atoms with van der Waals surface area (Å²) in [4.78, 5) is 0. The first-order chi connectivity index (χ1) is 9.83. The van der Waals surface area contributed by atoms with Crippen LogP contribution in [0.1, 0.15) is 37.3 Å². The average Bonchev–Trinajstić information content (AvgIpc) is 2.94. The molecule has 0 saturated heterocycles. The number of benzene rings is 1. The van der Waals surface area contributed by atoms with Crippen molar-refractivity contribution in [2.75, 3.05) is 25.2 Å². The molecule has 0 saturated carbocycles. The highest BCUT2D eigenvalue weighted by Crippen LogP contribution is 2.26. The van der Waals surface area contributed by atoms with E-state index in [9.17, 15) is 0 Å². The molecule has 2 nitrogen and oxygen atoms in total. The van der Waals surface area contributed by atoms with Gasteiger partial charge in [-0.05, 0) is 61.4 Å². The molecule has 0 aromatic heterocycles. The van der Waals surface area contributed by atoms with Crippen LogP contribution in [-0.4, -0.2) is 31.2 Å². The smallest absolute Gasteiger partial charge is 0.122 e. The zero-order valence-corrected chi connectivity index (χ0v) is 13.6. The monoisotopic (exact) mass is 293 g/mol. The minimum atomic E-state index is 0.659. The molecular formula is C17H27NOS. The van der Waals surface area contributed by atoms with Crippen molar-refractivity contribution >= 4 is 11.8 Å². The van der Waals surface area contributed by atoms with Gasteiger partial charge in [0.2, 0.25) is 0 Å². The minimum absolute atomic E-state index is 0.659. The summed E-state index contributed by atoms with van der Waals surface area (Å²) in [5.41, 5.74) is 2.85. The fourth-order valence-electron chi connectivity index (χ4n) is 2.69. The zero-order valence-electron chi connectivity index (χ0n) is 12.8. The van der Waals surface area contributed by atoms with E-state index in [1.54, 1.807) is 0 Å². The van der Waals surface area contributed by atoms with Crippen LogP contribution in [0.3, 0.4) is 0 Å². The maximum Gasteiger partial charge on any atom is 0.122 e. The van der Waals surface area contributed by atoms with Crippen LogP contribution in [-0.2, 0) is 12.8 Å². The van der Waals surface area contributed by atoms with Crippen molar-refractivity contribution in [3.63, 3.8) is 0 Å². The Labute approximate surface area is 127 Å². The summed E-state index contributed by atoms with van der Waals surface area (Å²) in [6, 6.07) is 7.38. The van der Waals surface area contributed by atoms with Crippen molar-refractivity contribution in [1.29, 1.82) is 0 Å². The van der Waals surface area contributed by atoms with Crippen LogP contribution < -0.4 is 10.1 Å². The van der Waals surface area contributed by atoms with E-state index in [1.807, 2.05) is 11.8 Å². The molecular weight excluding hydrogens is 266 g/mol. The third-order valence-corrected chi connectivity index (χ3v) is 4.53. The highest BCUT2D eigenvalue weighted by Gasteiger charge is 2.13. The highest BCUT2D eigenvalue weighted by atomic mass is 32.2. The van der Waals surface area contributed by atoms with E-state index in [0.29, 0.717) is 6.04 Å². The molecule has 0 aliphatic carbocycles. The van der Waals surface area contributed by atoms with E-state index >= 15 is 0 Å². The second-order valence-electron chi connectivity index (χ2n) is 5.51. The maximum absolute atomic E-state index is 5.57. The van der Waals surface area contributed by atoms with Gasteiger partial charge in [-0.2, -0.15) is 11.8 Å². The molecule has 0 bridgehead atoms. The molecule has 0 fully saturated rings. The van der Waals surface area contributed by atoms with Crippen LogP contribution in [0.4, 0.5) is 0 Å². The summed E-state index contributed by atoms with van der Waals surface area (Å²) in [6.07, 6.45) is 8.16. The lowest BCUT2D eigenvalue weighted by Gasteiger charge is -2.18. The molecule has 1 aromatic carbocycles. The molecule has 3 heteroatoms. The average molecular weight is 293 g/mol. The third kappa shape index (κ3) is 4.71. The lowest BCUT2D eigenvalue weighted by atomic mass is 10.0. The number of fused-ring (bicyclic) bond motifs is 1. The van der Waals surface area contributed by atoms with Crippen molar-refractivity contribution in [3.05, 3.63) is 29.3 Å². The second-order valence-corrected chi connectivity index (χ2v) is 6.50. The Kier molecular flexibility index (Phi) is 6.74. The van der Waals surface area contributed by atoms with E-state index in [0.717, 1.165) is 25.3 Å². The van der Waals surface area contributed by atoms with Crippen LogP contribution in [0.15, 0.2) is 18.2 Å². The first kappa shape index (κ1) is 15.7. The Bertz CT molecular complexity index is 400. The Morgan fingerprint density at radius 2 is 2.25 bits per heavy atom. The van der Waals surface area contributed by atoms with Crippen molar-refractivity contribution in [3.8, 4) is 5.75 Å². The lowest BCUT2D eigenvalue weighted by Crippen LogP contribution is -2.30. The van der Waals surface area contributed by atoms with E-state index in [4.69, 9.17) is 4.74 Å². The van der Waals surface area contributed by atoms with Crippen LogP contribution in [0.2, 0.25) is 0 Å².